The molecule has 2 amide bonds. The quantitative estimate of drug-likeness (QED) is 0.577. The SMILES string of the molecule is CCCC(=O)NNC(=O)c1cc(Br)ccc1OCCOC. The van der Waals surface area contributed by atoms with Gasteiger partial charge in [0.2, 0.25) is 5.91 Å². The van der Waals surface area contributed by atoms with Crippen LogP contribution in [0.3, 0.4) is 0 Å². The molecule has 2 N–H and O–H groups in total. The predicted molar refractivity (Wildman–Crippen MR) is 82.0 cm³/mol. The Bertz CT molecular complexity index is 494. The summed E-state index contributed by atoms with van der Waals surface area (Å²) < 4.78 is 11.1. The number of methoxy groups -OCH3 is 1. The molecule has 21 heavy (non-hydrogen) atoms. The van der Waals surface area contributed by atoms with Gasteiger partial charge in [-0.05, 0) is 24.6 Å². The number of carbonyl (C=O) groups excluding carboxylic acids is 2. The fourth-order valence-corrected chi connectivity index (χ4v) is 1.88. The van der Waals surface area contributed by atoms with Crippen LogP contribution in [0.2, 0.25) is 0 Å². The average Bonchev–Trinajstić information content (AvgIpc) is 2.46. The van der Waals surface area contributed by atoms with E-state index in [4.69, 9.17) is 9.47 Å². The minimum Gasteiger partial charge on any atom is -0.490 e. The van der Waals surface area contributed by atoms with Crippen LogP contribution in [-0.2, 0) is 9.53 Å². The van der Waals surface area contributed by atoms with E-state index in [1.807, 2.05) is 6.92 Å². The molecule has 0 fully saturated rings. The largest absolute Gasteiger partial charge is 0.490 e. The third-order valence-electron chi connectivity index (χ3n) is 2.52. The highest BCUT2D eigenvalue weighted by Crippen LogP contribution is 2.23. The van der Waals surface area contributed by atoms with E-state index < -0.39 is 5.91 Å². The topological polar surface area (TPSA) is 76.7 Å². The molecule has 1 aromatic rings. The van der Waals surface area contributed by atoms with Crippen molar-refractivity contribution in [1.29, 1.82) is 0 Å². The number of halogens is 1. The maximum Gasteiger partial charge on any atom is 0.273 e. The summed E-state index contributed by atoms with van der Waals surface area (Å²) in [4.78, 5) is 23.5. The van der Waals surface area contributed by atoms with Crippen LogP contribution in [0, 0.1) is 0 Å². The van der Waals surface area contributed by atoms with Gasteiger partial charge in [-0.25, -0.2) is 0 Å². The number of rotatable bonds is 7. The van der Waals surface area contributed by atoms with Crippen molar-refractivity contribution in [1.82, 2.24) is 10.9 Å². The van der Waals surface area contributed by atoms with Crippen molar-refractivity contribution in [2.45, 2.75) is 19.8 Å². The smallest absolute Gasteiger partial charge is 0.273 e. The third-order valence-corrected chi connectivity index (χ3v) is 3.02. The van der Waals surface area contributed by atoms with Crippen LogP contribution in [0.25, 0.3) is 0 Å². The first-order valence-electron chi connectivity index (χ1n) is 6.59. The Morgan fingerprint density at radius 1 is 1.24 bits per heavy atom. The van der Waals surface area contributed by atoms with Crippen molar-refractivity contribution in [3.05, 3.63) is 28.2 Å². The Labute approximate surface area is 132 Å². The first kappa shape index (κ1) is 17.5. The van der Waals surface area contributed by atoms with Gasteiger partial charge in [0, 0.05) is 18.0 Å². The highest BCUT2D eigenvalue weighted by atomic mass is 79.9. The van der Waals surface area contributed by atoms with E-state index in [2.05, 4.69) is 26.8 Å². The summed E-state index contributed by atoms with van der Waals surface area (Å²) in [6.07, 6.45) is 1.07. The standard InChI is InChI=1S/C14H19BrN2O4/c1-3-4-13(18)16-17-14(19)11-9-10(15)5-6-12(11)21-8-7-20-2/h5-6,9H,3-4,7-8H2,1-2H3,(H,16,18)(H,17,19). The molecular formula is C14H19BrN2O4. The number of nitrogens with one attached hydrogen (secondary N) is 2. The molecule has 0 aromatic heterocycles. The zero-order valence-electron chi connectivity index (χ0n) is 12.1. The Morgan fingerprint density at radius 2 is 2.00 bits per heavy atom. The van der Waals surface area contributed by atoms with E-state index >= 15 is 0 Å². The monoisotopic (exact) mass is 358 g/mol. The van der Waals surface area contributed by atoms with E-state index in [0.717, 1.165) is 4.47 Å². The van der Waals surface area contributed by atoms with Gasteiger partial charge in [-0.2, -0.15) is 0 Å². The molecule has 1 aromatic carbocycles. The first-order chi connectivity index (χ1) is 10.1. The fourth-order valence-electron chi connectivity index (χ4n) is 1.52. The van der Waals surface area contributed by atoms with Crippen LogP contribution >= 0.6 is 15.9 Å². The molecule has 7 heteroatoms. The Kier molecular flexibility index (Phi) is 7.78. The number of ether oxygens (including phenoxy) is 2. The summed E-state index contributed by atoms with van der Waals surface area (Å²) in [7, 11) is 1.57. The van der Waals surface area contributed by atoms with Gasteiger partial charge in [0.1, 0.15) is 12.4 Å². The summed E-state index contributed by atoms with van der Waals surface area (Å²) in [5, 5.41) is 0. The Hall–Kier alpha value is -1.60. The van der Waals surface area contributed by atoms with E-state index in [0.29, 0.717) is 37.4 Å². The molecule has 0 saturated carbocycles. The van der Waals surface area contributed by atoms with Crippen LogP contribution in [0.4, 0.5) is 0 Å². The van der Waals surface area contributed by atoms with Crippen LogP contribution in [0.1, 0.15) is 30.1 Å². The second-order valence-electron chi connectivity index (χ2n) is 4.23. The lowest BCUT2D eigenvalue weighted by atomic mass is 10.2. The molecule has 116 valence electrons. The number of hydrogen-bond donors (Lipinski definition) is 2. The van der Waals surface area contributed by atoms with Gasteiger partial charge in [0.15, 0.2) is 0 Å². The van der Waals surface area contributed by atoms with Crippen molar-refractivity contribution in [2.24, 2.45) is 0 Å². The van der Waals surface area contributed by atoms with Gasteiger partial charge >= 0.3 is 0 Å². The molecular weight excluding hydrogens is 340 g/mol. The minimum atomic E-state index is -0.437. The Balaban J connectivity index is 2.72. The van der Waals surface area contributed by atoms with Gasteiger partial charge in [-0.15, -0.1) is 0 Å². The third kappa shape index (κ3) is 6.14. The van der Waals surface area contributed by atoms with Crippen molar-refractivity contribution in [2.75, 3.05) is 20.3 Å². The van der Waals surface area contributed by atoms with Crippen molar-refractivity contribution in [3.63, 3.8) is 0 Å². The van der Waals surface area contributed by atoms with E-state index in [-0.39, 0.29) is 5.91 Å². The number of carbonyl (C=O) groups is 2. The summed E-state index contributed by atoms with van der Waals surface area (Å²) in [5.74, 6) is -0.242. The molecule has 0 aliphatic rings. The molecule has 0 atom stereocenters. The maximum atomic E-state index is 12.1. The number of hydrazine groups is 1. The Morgan fingerprint density at radius 3 is 2.67 bits per heavy atom. The second-order valence-corrected chi connectivity index (χ2v) is 5.15. The van der Waals surface area contributed by atoms with Gasteiger partial charge in [-0.3, -0.25) is 20.4 Å². The molecule has 0 aliphatic carbocycles. The lowest BCUT2D eigenvalue weighted by Gasteiger charge is -2.12. The molecule has 0 spiro atoms. The number of hydrogen-bond acceptors (Lipinski definition) is 4. The lowest BCUT2D eigenvalue weighted by Crippen LogP contribution is -2.41. The normalized spacial score (nSPS) is 10.0. The second kappa shape index (κ2) is 9.36. The van der Waals surface area contributed by atoms with Crippen LogP contribution in [0.15, 0.2) is 22.7 Å². The van der Waals surface area contributed by atoms with E-state index in [1.165, 1.54) is 0 Å². The van der Waals surface area contributed by atoms with Gasteiger partial charge in [0.25, 0.3) is 5.91 Å². The van der Waals surface area contributed by atoms with Crippen LogP contribution in [0.5, 0.6) is 5.75 Å². The molecule has 0 bridgehead atoms. The average molecular weight is 359 g/mol. The number of benzene rings is 1. The molecule has 1 rings (SSSR count). The van der Waals surface area contributed by atoms with Gasteiger partial charge in [-0.1, -0.05) is 22.9 Å². The van der Waals surface area contributed by atoms with Crippen LogP contribution in [-0.4, -0.2) is 32.1 Å². The van der Waals surface area contributed by atoms with Gasteiger partial charge < -0.3 is 9.47 Å². The lowest BCUT2D eigenvalue weighted by molar-refractivity contribution is -0.121. The highest BCUT2D eigenvalue weighted by molar-refractivity contribution is 9.10. The summed E-state index contributed by atoms with van der Waals surface area (Å²) in [6, 6.07) is 5.08. The molecule has 0 unspecified atom stereocenters. The number of amides is 2. The van der Waals surface area contributed by atoms with Gasteiger partial charge in [0.05, 0.1) is 12.2 Å². The molecule has 6 nitrogen and oxygen atoms in total. The van der Waals surface area contributed by atoms with Crippen molar-refractivity contribution >= 4 is 27.7 Å². The summed E-state index contributed by atoms with van der Waals surface area (Å²) in [5.41, 5.74) is 5.06. The summed E-state index contributed by atoms with van der Waals surface area (Å²) in [6.45, 7) is 2.64. The highest BCUT2D eigenvalue weighted by Gasteiger charge is 2.14. The predicted octanol–water partition coefficient (Wildman–Crippen LogP) is 2.04. The first-order valence-corrected chi connectivity index (χ1v) is 7.38. The van der Waals surface area contributed by atoms with E-state index in [1.54, 1.807) is 25.3 Å². The maximum absolute atomic E-state index is 12.1. The minimum absolute atomic E-state index is 0.234. The zero-order chi connectivity index (χ0) is 15.7. The molecule has 0 heterocycles. The molecule has 0 radical (unpaired) electrons. The van der Waals surface area contributed by atoms with Crippen molar-refractivity contribution in [3.8, 4) is 5.75 Å². The zero-order valence-corrected chi connectivity index (χ0v) is 13.7. The van der Waals surface area contributed by atoms with E-state index in [9.17, 15) is 9.59 Å². The molecule has 0 saturated heterocycles. The van der Waals surface area contributed by atoms with Crippen molar-refractivity contribution < 1.29 is 19.1 Å². The summed E-state index contributed by atoms with van der Waals surface area (Å²) >= 11 is 3.30. The molecule has 0 aliphatic heterocycles. The van der Waals surface area contributed by atoms with Crippen LogP contribution < -0.4 is 15.6 Å². The fraction of sp³-hybridized carbons (Fsp3) is 0.429.